The van der Waals surface area contributed by atoms with Gasteiger partial charge in [0.15, 0.2) is 0 Å². The van der Waals surface area contributed by atoms with Gasteiger partial charge in [-0.25, -0.2) is 5.43 Å². The summed E-state index contributed by atoms with van der Waals surface area (Å²) >= 11 is 0. The fourth-order valence-electron chi connectivity index (χ4n) is 2.19. The van der Waals surface area contributed by atoms with Crippen LogP contribution >= 0.6 is 0 Å². The van der Waals surface area contributed by atoms with Crippen LogP contribution < -0.4 is 10.2 Å². The number of hydrogen-bond donors (Lipinski definition) is 1. The van der Waals surface area contributed by atoms with Crippen LogP contribution in [0, 0.1) is 26.2 Å². The fraction of sp³-hybridized carbons (Fsp3) is 0.200. The summed E-state index contributed by atoms with van der Waals surface area (Å²) in [5.74, 6) is 2.92. The number of carbonyl (C=O) groups excluding carboxylic acids is 1. The molecule has 0 aromatic heterocycles. The van der Waals surface area contributed by atoms with E-state index in [1.54, 1.807) is 12.3 Å². The molecule has 1 amide bonds. The average molecular weight is 320 g/mol. The van der Waals surface area contributed by atoms with Crippen molar-refractivity contribution in [1.82, 2.24) is 5.43 Å². The number of nitrogens with zero attached hydrogens (tertiary/aromatic N) is 1. The van der Waals surface area contributed by atoms with Crippen LogP contribution in [0.2, 0.25) is 0 Å². The Labute approximate surface area is 142 Å². The third-order valence-corrected chi connectivity index (χ3v) is 3.44. The number of amides is 1. The van der Waals surface area contributed by atoms with E-state index in [0.717, 1.165) is 22.3 Å². The van der Waals surface area contributed by atoms with E-state index in [1.807, 2.05) is 50.2 Å². The van der Waals surface area contributed by atoms with Crippen LogP contribution in [0.25, 0.3) is 0 Å². The molecular weight excluding hydrogens is 300 g/mol. The minimum Gasteiger partial charge on any atom is -0.481 e. The van der Waals surface area contributed by atoms with Crippen molar-refractivity contribution in [3.8, 4) is 18.1 Å². The van der Waals surface area contributed by atoms with E-state index in [-0.39, 0.29) is 12.5 Å². The van der Waals surface area contributed by atoms with Crippen molar-refractivity contribution in [3.63, 3.8) is 0 Å². The normalized spacial score (nSPS) is 10.4. The molecule has 0 radical (unpaired) electrons. The van der Waals surface area contributed by atoms with Crippen molar-refractivity contribution in [2.45, 2.75) is 20.3 Å². The minimum atomic E-state index is -0.153. The maximum atomic E-state index is 12.0. The molecule has 24 heavy (non-hydrogen) atoms. The zero-order valence-corrected chi connectivity index (χ0v) is 13.9. The van der Waals surface area contributed by atoms with Gasteiger partial charge in [0.05, 0.1) is 12.6 Å². The molecule has 4 nitrogen and oxygen atoms in total. The standard InChI is InChI=1S/C20H20N2O2/c1-4-10-24-19-7-5-6-17(12-19)14-21-22-20(23)13-18-11-15(2)8-9-16(18)3/h1,5-9,11-12,14H,10,13H2,2-3H3,(H,22,23)/b21-14+. The number of nitrogens with one attached hydrogen (secondary N) is 1. The summed E-state index contributed by atoms with van der Waals surface area (Å²) in [5, 5.41) is 3.99. The second-order valence-corrected chi connectivity index (χ2v) is 5.47. The largest absolute Gasteiger partial charge is 0.481 e. The van der Waals surface area contributed by atoms with Crippen molar-refractivity contribution in [3.05, 3.63) is 64.7 Å². The van der Waals surface area contributed by atoms with Gasteiger partial charge in [0.25, 0.3) is 0 Å². The third kappa shape index (κ3) is 5.29. The van der Waals surface area contributed by atoms with E-state index in [9.17, 15) is 4.79 Å². The molecule has 0 saturated heterocycles. The molecule has 1 N–H and O–H groups in total. The number of carbonyl (C=O) groups is 1. The molecule has 0 aliphatic rings. The summed E-state index contributed by atoms with van der Waals surface area (Å²) in [6.45, 7) is 4.22. The lowest BCUT2D eigenvalue weighted by Crippen LogP contribution is -2.20. The topological polar surface area (TPSA) is 50.7 Å². The van der Waals surface area contributed by atoms with Crippen molar-refractivity contribution < 1.29 is 9.53 Å². The second kappa shape index (κ2) is 8.54. The highest BCUT2D eigenvalue weighted by molar-refractivity contribution is 5.83. The van der Waals surface area contributed by atoms with Crippen molar-refractivity contribution >= 4 is 12.1 Å². The van der Waals surface area contributed by atoms with Crippen LogP contribution in [0.4, 0.5) is 0 Å². The Bertz CT molecular complexity index is 788. The smallest absolute Gasteiger partial charge is 0.244 e. The number of ether oxygens (including phenoxy) is 1. The van der Waals surface area contributed by atoms with Gasteiger partial charge in [-0.15, -0.1) is 6.42 Å². The van der Waals surface area contributed by atoms with Gasteiger partial charge in [-0.3, -0.25) is 4.79 Å². The molecule has 0 bridgehead atoms. The summed E-state index contributed by atoms with van der Waals surface area (Å²) in [6, 6.07) is 13.4. The zero-order chi connectivity index (χ0) is 17.4. The Morgan fingerprint density at radius 3 is 2.92 bits per heavy atom. The monoisotopic (exact) mass is 320 g/mol. The molecule has 2 aromatic carbocycles. The lowest BCUT2D eigenvalue weighted by molar-refractivity contribution is -0.120. The summed E-state index contributed by atoms with van der Waals surface area (Å²) in [4.78, 5) is 12.0. The van der Waals surface area contributed by atoms with E-state index in [2.05, 4.69) is 16.4 Å². The first kappa shape index (κ1) is 17.3. The number of terminal acetylenes is 1. The first-order chi connectivity index (χ1) is 11.6. The number of aryl methyl sites for hydroxylation is 2. The molecule has 0 unspecified atom stereocenters. The summed E-state index contributed by atoms with van der Waals surface area (Å²) in [7, 11) is 0. The molecule has 0 atom stereocenters. The molecule has 0 saturated carbocycles. The quantitative estimate of drug-likeness (QED) is 0.505. The van der Waals surface area contributed by atoms with Crippen LogP contribution in [-0.2, 0) is 11.2 Å². The van der Waals surface area contributed by atoms with E-state index < -0.39 is 0 Å². The molecule has 0 heterocycles. The van der Waals surface area contributed by atoms with Gasteiger partial charge in [-0.2, -0.15) is 5.10 Å². The highest BCUT2D eigenvalue weighted by atomic mass is 16.5. The van der Waals surface area contributed by atoms with Gasteiger partial charge < -0.3 is 4.74 Å². The van der Waals surface area contributed by atoms with E-state index in [1.165, 1.54) is 0 Å². The maximum Gasteiger partial charge on any atom is 0.244 e. The highest BCUT2D eigenvalue weighted by Gasteiger charge is 2.05. The highest BCUT2D eigenvalue weighted by Crippen LogP contribution is 2.12. The van der Waals surface area contributed by atoms with Crippen molar-refractivity contribution in [1.29, 1.82) is 0 Å². The van der Waals surface area contributed by atoms with Gasteiger partial charge in [0.2, 0.25) is 5.91 Å². The van der Waals surface area contributed by atoms with Gasteiger partial charge >= 0.3 is 0 Å². The lowest BCUT2D eigenvalue weighted by Gasteiger charge is -2.06. The van der Waals surface area contributed by atoms with Crippen LogP contribution in [0.3, 0.4) is 0 Å². The Morgan fingerprint density at radius 2 is 2.12 bits per heavy atom. The summed E-state index contributed by atoms with van der Waals surface area (Å²) in [5.41, 5.74) is 6.60. The first-order valence-corrected chi connectivity index (χ1v) is 7.63. The number of hydrogen-bond acceptors (Lipinski definition) is 3. The summed E-state index contributed by atoms with van der Waals surface area (Å²) in [6.07, 6.45) is 7.04. The number of rotatable bonds is 6. The number of hydrazone groups is 1. The van der Waals surface area contributed by atoms with Gasteiger partial charge in [0, 0.05) is 0 Å². The molecular formula is C20H20N2O2. The Hall–Kier alpha value is -3.06. The van der Waals surface area contributed by atoms with Gasteiger partial charge in [-0.1, -0.05) is 41.8 Å². The van der Waals surface area contributed by atoms with Crippen molar-refractivity contribution in [2.24, 2.45) is 5.10 Å². The Kier molecular flexibility index (Phi) is 6.16. The maximum absolute atomic E-state index is 12.0. The first-order valence-electron chi connectivity index (χ1n) is 7.63. The molecule has 0 aliphatic heterocycles. The van der Waals surface area contributed by atoms with E-state index >= 15 is 0 Å². The van der Waals surface area contributed by atoms with Crippen LogP contribution in [-0.4, -0.2) is 18.7 Å². The Morgan fingerprint density at radius 1 is 1.29 bits per heavy atom. The average Bonchev–Trinajstić information content (AvgIpc) is 2.57. The molecule has 0 fully saturated rings. The lowest BCUT2D eigenvalue weighted by atomic mass is 10.0. The molecule has 0 spiro atoms. The molecule has 122 valence electrons. The van der Waals surface area contributed by atoms with Crippen molar-refractivity contribution in [2.75, 3.05) is 6.61 Å². The van der Waals surface area contributed by atoms with E-state index in [0.29, 0.717) is 12.2 Å². The zero-order valence-electron chi connectivity index (χ0n) is 13.9. The molecule has 0 aliphatic carbocycles. The predicted molar refractivity (Wildman–Crippen MR) is 96.1 cm³/mol. The fourth-order valence-corrected chi connectivity index (χ4v) is 2.19. The van der Waals surface area contributed by atoms with Crippen LogP contribution in [0.5, 0.6) is 5.75 Å². The summed E-state index contributed by atoms with van der Waals surface area (Å²) < 4.78 is 5.34. The second-order valence-electron chi connectivity index (χ2n) is 5.47. The van der Waals surface area contributed by atoms with E-state index in [4.69, 9.17) is 11.2 Å². The SMILES string of the molecule is C#CCOc1cccc(/C=N/NC(=O)Cc2cc(C)ccc2C)c1. The minimum absolute atomic E-state index is 0.153. The van der Waals surface area contributed by atoms with Crippen LogP contribution in [0.15, 0.2) is 47.6 Å². The Balaban J connectivity index is 1.92. The predicted octanol–water partition coefficient (Wildman–Crippen LogP) is 3.01. The molecule has 2 aromatic rings. The van der Waals surface area contributed by atoms with Gasteiger partial charge in [0.1, 0.15) is 12.4 Å². The third-order valence-electron chi connectivity index (χ3n) is 3.44. The van der Waals surface area contributed by atoms with Crippen LogP contribution in [0.1, 0.15) is 22.3 Å². The molecule has 2 rings (SSSR count). The number of benzene rings is 2. The molecule has 4 heteroatoms. The van der Waals surface area contributed by atoms with Gasteiger partial charge in [-0.05, 0) is 42.7 Å².